The molecule has 1 aliphatic heterocycles. The molecule has 1 aliphatic carbocycles. The van der Waals surface area contributed by atoms with E-state index in [2.05, 4.69) is 6.92 Å². The first kappa shape index (κ1) is 17.7. The Kier molecular flexibility index (Phi) is 7.27. The Morgan fingerprint density at radius 3 is 2.55 bits per heavy atom. The number of halogens is 1. The highest BCUT2D eigenvalue weighted by Crippen LogP contribution is 2.27. The van der Waals surface area contributed by atoms with Crippen molar-refractivity contribution < 1.29 is 9.53 Å². The van der Waals surface area contributed by atoms with Gasteiger partial charge in [0.05, 0.1) is 6.10 Å². The number of amides is 1. The van der Waals surface area contributed by atoms with Crippen LogP contribution in [0.1, 0.15) is 52.4 Å². The Morgan fingerprint density at radius 1 is 1.40 bits per heavy atom. The van der Waals surface area contributed by atoms with Gasteiger partial charge in [-0.3, -0.25) is 4.79 Å². The van der Waals surface area contributed by atoms with Gasteiger partial charge in [0.25, 0.3) is 5.91 Å². The largest absolute Gasteiger partial charge is 0.365 e. The van der Waals surface area contributed by atoms with Crippen molar-refractivity contribution in [3.8, 4) is 0 Å². The Labute approximate surface area is 128 Å². The molecule has 0 spiro atoms. The van der Waals surface area contributed by atoms with Crippen LogP contribution in [0.2, 0.25) is 0 Å². The molecule has 2 fully saturated rings. The second-order valence-corrected chi connectivity index (χ2v) is 6.12. The minimum atomic E-state index is -0.248. The number of nitrogens with zero attached hydrogens (tertiary/aromatic N) is 1. The number of carbonyl (C=O) groups excluding carboxylic acids is 1. The van der Waals surface area contributed by atoms with Crippen molar-refractivity contribution >= 4 is 18.3 Å². The van der Waals surface area contributed by atoms with Gasteiger partial charge >= 0.3 is 0 Å². The summed E-state index contributed by atoms with van der Waals surface area (Å²) in [5.41, 5.74) is 5.73. The molecule has 3 atom stereocenters. The third kappa shape index (κ3) is 4.09. The van der Waals surface area contributed by atoms with Crippen LogP contribution in [0.3, 0.4) is 0 Å². The molecule has 1 amide bonds. The minimum absolute atomic E-state index is 0. The first-order valence-electron chi connectivity index (χ1n) is 7.81. The van der Waals surface area contributed by atoms with Crippen LogP contribution in [0.15, 0.2) is 0 Å². The zero-order chi connectivity index (χ0) is 13.8. The van der Waals surface area contributed by atoms with Crippen molar-refractivity contribution in [1.29, 1.82) is 0 Å². The minimum Gasteiger partial charge on any atom is -0.365 e. The van der Waals surface area contributed by atoms with E-state index in [1.165, 1.54) is 12.8 Å². The van der Waals surface area contributed by atoms with Gasteiger partial charge < -0.3 is 15.4 Å². The van der Waals surface area contributed by atoms with Crippen molar-refractivity contribution in [2.45, 2.75) is 70.6 Å². The van der Waals surface area contributed by atoms with E-state index in [1.807, 2.05) is 11.8 Å². The molecule has 0 bridgehead atoms. The Bertz CT molecular complexity index is 308. The number of carbonyl (C=O) groups is 1. The monoisotopic (exact) mass is 304 g/mol. The third-order valence-corrected chi connectivity index (χ3v) is 4.58. The normalized spacial score (nSPS) is 28.4. The summed E-state index contributed by atoms with van der Waals surface area (Å²) in [6, 6.07) is 0.308. The molecular formula is C15H29ClN2O2. The van der Waals surface area contributed by atoms with E-state index < -0.39 is 0 Å². The molecule has 20 heavy (non-hydrogen) atoms. The summed E-state index contributed by atoms with van der Waals surface area (Å²) in [6.07, 6.45) is 6.57. The van der Waals surface area contributed by atoms with Crippen LogP contribution in [0, 0.1) is 5.92 Å². The smallest absolute Gasteiger partial charge is 0.251 e. The van der Waals surface area contributed by atoms with Gasteiger partial charge in [-0.1, -0.05) is 19.8 Å². The lowest BCUT2D eigenvalue weighted by Gasteiger charge is -2.28. The zero-order valence-corrected chi connectivity index (χ0v) is 13.5. The fourth-order valence-corrected chi connectivity index (χ4v) is 3.39. The van der Waals surface area contributed by atoms with E-state index in [4.69, 9.17) is 10.5 Å². The predicted molar refractivity (Wildman–Crippen MR) is 83.0 cm³/mol. The quantitative estimate of drug-likeness (QED) is 0.848. The molecule has 1 saturated heterocycles. The molecule has 1 heterocycles. The molecule has 5 heteroatoms. The van der Waals surface area contributed by atoms with Crippen LogP contribution < -0.4 is 5.73 Å². The highest BCUT2D eigenvalue weighted by Gasteiger charge is 2.36. The molecule has 2 aliphatic rings. The average molecular weight is 305 g/mol. The maximum absolute atomic E-state index is 12.6. The molecule has 2 N–H and O–H groups in total. The lowest BCUT2D eigenvalue weighted by Crippen LogP contribution is -2.43. The van der Waals surface area contributed by atoms with Crippen molar-refractivity contribution in [3.63, 3.8) is 0 Å². The highest BCUT2D eigenvalue weighted by molar-refractivity contribution is 5.85. The van der Waals surface area contributed by atoms with Crippen LogP contribution in [0.4, 0.5) is 0 Å². The Balaban J connectivity index is 0.00000200. The van der Waals surface area contributed by atoms with Gasteiger partial charge in [-0.05, 0) is 45.1 Å². The summed E-state index contributed by atoms with van der Waals surface area (Å²) in [7, 11) is 0. The van der Waals surface area contributed by atoms with Gasteiger partial charge in [-0.2, -0.15) is 0 Å². The van der Waals surface area contributed by atoms with Crippen LogP contribution in [-0.2, 0) is 9.53 Å². The van der Waals surface area contributed by atoms with E-state index in [0.29, 0.717) is 24.6 Å². The Hall–Kier alpha value is -0.320. The van der Waals surface area contributed by atoms with E-state index in [9.17, 15) is 4.79 Å². The summed E-state index contributed by atoms with van der Waals surface area (Å²) in [4.78, 5) is 14.6. The summed E-state index contributed by atoms with van der Waals surface area (Å²) < 4.78 is 6.03. The van der Waals surface area contributed by atoms with Gasteiger partial charge in [0.1, 0.15) is 6.10 Å². The summed E-state index contributed by atoms with van der Waals surface area (Å²) in [5.74, 6) is 0.640. The molecule has 118 valence electrons. The van der Waals surface area contributed by atoms with E-state index in [0.717, 1.165) is 32.2 Å². The number of nitrogens with two attached hydrogens (primary N) is 1. The van der Waals surface area contributed by atoms with Crippen molar-refractivity contribution in [1.82, 2.24) is 4.90 Å². The lowest BCUT2D eigenvalue weighted by atomic mass is 10.1. The van der Waals surface area contributed by atoms with Crippen LogP contribution in [-0.4, -0.2) is 42.1 Å². The van der Waals surface area contributed by atoms with E-state index in [1.54, 1.807) is 0 Å². The summed E-state index contributed by atoms with van der Waals surface area (Å²) in [5, 5.41) is 0. The van der Waals surface area contributed by atoms with Gasteiger partial charge in [0.2, 0.25) is 0 Å². The van der Waals surface area contributed by atoms with Crippen molar-refractivity contribution in [2.75, 3.05) is 13.1 Å². The molecule has 2 rings (SSSR count). The fraction of sp³-hybridized carbons (Fsp3) is 0.933. The fourth-order valence-electron chi connectivity index (χ4n) is 3.39. The zero-order valence-electron chi connectivity index (χ0n) is 12.7. The van der Waals surface area contributed by atoms with E-state index >= 15 is 0 Å². The topological polar surface area (TPSA) is 55.6 Å². The van der Waals surface area contributed by atoms with Gasteiger partial charge in [-0.25, -0.2) is 0 Å². The van der Waals surface area contributed by atoms with Crippen LogP contribution in [0.25, 0.3) is 0 Å². The van der Waals surface area contributed by atoms with Gasteiger partial charge in [0, 0.05) is 12.6 Å². The van der Waals surface area contributed by atoms with Crippen molar-refractivity contribution in [3.05, 3.63) is 0 Å². The van der Waals surface area contributed by atoms with Crippen LogP contribution >= 0.6 is 12.4 Å². The summed E-state index contributed by atoms with van der Waals surface area (Å²) >= 11 is 0. The molecule has 0 aromatic heterocycles. The Morgan fingerprint density at radius 2 is 2.05 bits per heavy atom. The molecule has 0 radical (unpaired) electrons. The molecular weight excluding hydrogens is 276 g/mol. The standard InChI is InChI=1S/C15H28N2O2.ClH/c1-3-14(19-13-6-4-5-7-13)15(18)17-10-12(9-16)8-11(17)2;/h11-14H,3-10,16H2,1-2H3;1H. The predicted octanol–water partition coefficient (Wildman–Crippen LogP) is 2.34. The molecule has 1 saturated carbocycles. The first-order chi connectivity index (χ1) is 9.15. The van der Waals surface area contributed by atoms with E-state index in [-0.39, 0.29) is 24.4 Å². The maximum Gasteiger partial charge on any atom is 0.251 e. The summed E-state index contributed by atoms with van der Waals surface area (Å²) in [6.45, 7) is 5.64. The number of rotatable bonds is 5. The van der Waals surface area contributed by atoms with Crippen LogP contribution in [0.5, 0.6) is 0 Å². The maximum atomic E-state index is 12.6. The SMILES string of the molecule is CCC(OC1CCCC1)C(=O)N1CC(CN)CC1C.Cl. The third-order valence-electron chi connectivity index (χ3n) is 4.58. The van der Waals surface area contributed by atoms with Gasteiger partial charge in [-0.15, -0.1) is 12.4 Å². The molecule has 3 unspecified atom stereocenters. The van der Waals surface area contributed by atoms with Crippen molar-refractivity contribution in [2.24, 2.45) is 11.7 Å². The second kappa shape index (κ2) is 8.20. The number of ether oxygens (including phenoxy) is 1. The number of hydrogen-bond donors (Lipinski definition) is 1. The first-order valence-corrected chi connectivity index (χ1v) is 7.81. The average Bonchev–Trinajstić information content (AvgIpc) is 3.04. The lowest BCUT2D eigenvalue weighted by molar-refractivity contribution is -0.148. The number of likely N-dealkylation sites (tertiary alicyclic amines) is 1. The second-order valence-electron chi connectivity index (χ2n) is 6.12. The highest BCUT2D eigenvalue weighted by atomic mass is 35.5. The number of hydrogen-bond acceptors (Lipinski definition) is 3. The molecule has 0 aromatic carbocycles. The van der Waals surface area contributed by atoms with Gasteiger partial charge in [0.15, 0.2) is 0 Å². The molecule has 0 aromatic rings. The molecule has 4 nitrogen and oxygen atoms in total.